The zero-order valence-electron chi connectivity index (χ0n) is 14.7. The van der Waals surface area contributed by atoms with Crippen LogP contribution in [0.4, 0.5) is 5.69 Å². The number of hydrogen-bond donors (Lipinski definition) is 0. The standard InChI is InChI=1S/C21H21NO4/c1-24-14-8-9-17-19(11-14)26-13-21(17)16-6-2-3-7-18(16)22(20(21)23)12-15-5-4-10-25-15/h2-3,6-9,11,15H,4-5,10,12-13H2,1H3/t15-,21?/m1/s1. The number of para-hydroxylation sites is 1. The Morgan fingerprint density at radius 3 is 2.92 bits per heavy atom. The largest absolute Gasteiger partial charge is 0.497 e. The summed E-state index contributed by atoms with van der Waals surface area (Å²) < 4.78 is 17.1. The number of fused-ring (bicyclic) bond motifs is 4. The van der Waals surface area contributed by atoms with E-state index in [-0.39, 0.29) is 12.0 Å². The van der Waals surface area contributed by atoms with Gasteiger partial charge in [0.2, 0.25) is 5.91 Å². The van der Waals surface area contributed by atoms with Crippen LogP contribution in [0.15, 0.2) is 42.5 Å². The van der Waals surface area contributed by atoms with Gasteiger partial charge in [0.25, 0.3) is 0 Å². The highest BCUT2D eigenvalue weighted by Gasteiger charge is 2.57. The molecule has 2 aromatic rings. The van der Waals surface area contributed by atoms with Crippen molar-refractivity contribution in [1.29, 1.82) is 0 Å². The Kier molecular flexibility index (Phi) is 3.47. The molecule has 1 fully saturated rings. The summed E-state index contributed by atoms with van der Waals surface area (Å²) >= 11 is 0. The van der Waals surface area contributed by atoms with Gasteiger partial charge in [-0.05, 0) is 30.5 Å². The first-order chi connectivity index (χ1) is 12.7. The van der Waals surface area contributed by atoms with E-state index in [1.807, 2.05) is 47.4 Å². The maximum atomic E-state index is 13.7. The van der Waals surface area contributed by atoms with Crippen molar-refractivity contribution in [3.63, 3.8) is 0 Å². The number of hydrogen-bond acceptors (Lipinski definition) is 4. The molecule has 26 heavy (non-hydrogen) atoms. The minimum atomic E-state index is -0.767. The number of benzene rings is 2. The highest BCUT2D eigenvalue weighted by atomic mass is 16.5. The van der Waals surface area contributed by atoms with E-state index in [0.717, 1.165) is 47.8 Å². The van der Waals surface area contributed by atoms with Gasteiger partial charge in [-0.15, -0.1) is 0 Å². The Bertz CT molecular complexity index is 874. The summed E-state index contributed by atoms with van der Waals surface area (Å²) in [4.78, 5) is 15.5. The first-order valence-electron chi connectivity index (χ1n) is 9.08. The molecule has 1 saturated heterocycles. The van der Waals surface area contributed by atoms with E-state index < -0.39 is 5.41 Å². The monoisotopic (exact) mass is 351 g/mol. The molecular weight excluding hydrogens is 330 g/mol. The molecule has 5 heteroatoms. The van der Waals surface area contributed by atoms with Crippen molar-refractivity contribution in [2.45, 2.75) is 24.4 Å². The molecule has 3 aliphatic rings. The number of anilines is 1. The summed E-state index contributed by atoms with van der Waals surface area (Å²) in [6, 6.07) is 13.8. The molecule has 0 aromatic heterocycles. The normalized spacial score (nSPS) is 26.1. The van der Waals surface area contributed by atoms with E-state index in [4.69, 9.17) is 14.2 Å². The zero-order valence-corrected chi connectivity index (χ0v) is 14.7. The lowest BCUT2D eigenvalue weighted by Gasteiger charge is -2.24. The van der Waals surface area contributed by atoms with Crippen molar-refractivity contribution < 1.29 is 19.0 Å². The van der Waals surface area contributed by atoms with E-state index >= 15 is 0 Å². The first-order valence-corrected chi connectivity index (χ1v) is 9.08. The number of carbonyl (C=O) groups excluding carboxylic acids is 1. The predicted octanol–water partition coefficient (Wildman–Crippen LogP) is 2.90. The van der Waals surface area contributed by atoms with E-state index in [0.29, 0.717) is 13.2 Å². The number of amides is 1. The van der Waals surface area contributed by atoms with Crippen LogP contribution in [0.3, 0.4) is 0 Å². The van der Waals surface area contributed by atoms with Gasteiger partial charge in [-0.2, -0.15) is 0 Å². The Morgan fingerprint density at radius 1 is 1.23 bits per heavy atom. The molecule has 0 radical (unpaired) electrons. The van der Waals surface area contributed by atoms with Crippen LogP contribution < -0.4 is 14.4 Å². The SMILES string of the molecule is COc1ccc2c(c1)OCC21C(=O)N(C[C@H]2CCCO2)c2ccccc21. The molecule has 0 aliphatic carbocycles. The molecule has 134 valence electrons. The lowest BCUT2D eigenvalue weighted by atomic mass is 9.77. The fourth-order valence-electron chi connectivity index (χ4n) is 4.46. The van der Waals surface area contributed by atoms with Crippen LogP contribution in [0.5, 0.6) is 11.5 Å². The smallest absolute Gasteiger partial charge is 0.245 e. The van der Waals surface area contributed by atoms with Crippen LogP contribution in [-0.4, -0.2) is 38.9 Å². The third kappa shape index (κ3) is 2.04. The average Bonchev–Trinajstić information content (AvgIpc) is 3.38. The molecule has 0 N–H and O–H groups in total. The molecule has 0 bridgehead atoms. The van der Waals surface area contributed by atoms with E-state index in [2.05, 4.69) is 0 Å². The second-order valence-corrected chi connectivity index (χ2v) is 7.12. The number of carbonyl (C=O) groups is 1. The molecule has 0 saturated carbocycles. The fraction of sp³-hybridized carbons (Fsp3) is 0.381. The second-order valence-electron chi connectivity index (χ2n) is 7.12. The third-order valence-corrected chi connectivity index (χ3v) is 5.77. The van der Waals surface area contributed by atoms with Gasteiger partial charge in [0.15, 0.2) is 0 Å². The maximum absolute atomic E-state index is 13.7. The van der Waals surface area contributed by atoms with Crippen LogP contribution in [-0.2, 0) is 14.9 Å². The molecule has 3 aliphatic heterocycles. The van der Waals surface area contributed by atoms with Gasteiger partial charge in [0.1, 0.15) is 23.5 Å². The Balaban J connectivity index is 1.62. The lowest BCUT2D eigenvalue weighted by molar-refractivity contribution is -0.122. The van der Waals surface area contributed by atoms with Crippen LogP contribution in [0.25, 0.3) is 0 Å². The van der Waals surface area contributed by atoms with Gasteiger partial charge in [-0.25, -0.2) is 0 Å². The molecule has 1 spiro atoms. The Labute approximate surface area is 152 Å². The first kappa shape index (κ1) is 15.7. The van der Waals surface area contributed by atoms with Crippen molar-refractivity contribution in [3.8, 4) is 11.5 Å². The molecule has 1 unspecified atom stereocenters. The number of methoxy groups -OCH3 is 1. The van der Waals surface area contributed by atoms with Gasteiger partial charge in [-0.3, -0.25) is 4.79 Å². The molecule has 2 aromatic carbocycles. The van der Waals surface area contributed by atoms with Gasteiger partial charge in [0, 0.05) is 23.9 Å². The number of nitrogens with zero attached hydrogens (tertiary/aromatic N) is 1. The summed E-state index contributed by atoms with van der Waals surface area (Å²) in [5, 5.41) is 0. The molecule has 5 rings (SSSR count). The Morgan fingerprint density at radius 2 is 2.12 bits per heavy atom. The van der Waals surface area contributed by atoms with E-state index in [1.165, 1.54) is 0 Å². The van der Waals surface area contributed by atoms with Gasteiger partial charge >= 0.3 is 0 Å². The summed E-state index contributed by atoms with van der Waals surface area (Å²) in [6.45, 7) is 1.71. The maximum Gasteiger partial charge on any atom is 0.245 e. The van der Waals surface area contributed by atoms with Crippen LogP contribution >= 0.6 is 0 Å². The highest BCUT2D eigenvalue weighted by Crippen LogP contribution is 2.52. The van der Waals surface area contributed by atoms with Gasteiger partial charge in [-0.1, -0.05) is 24.3 Å². The number of rotatable bonds is 3. The van der Waals surface area contributed by atoms with Gasteiger partial charge in [0.05, 0.1) is 19.8 Å². The second kappa shape index (κ2) is 5.74. The van der Waals surface area contributed by atoms with E-state index in [9.17, 15) is 4.79 Å². The molecule has 5 nitrogen and oxygen atoms in total. The van der Waals surface area contributed by atoms with Crippen LogP contribution in [0.2, 0.25) is 0 Å². The lowest BCUT2D eigenvalue weighted by Crippen LogP contribution is -2.44. The molecule has 3 heterocycles. The number of ether oxygens (including phenoxy) is 3. The Hall–Kier alpha value is -2.53. The van der Waals surface area contributed by atoms with Gasteiger partial charge < -0.3 is 19.1 Å². The third-order valence-electron chi connectivity index (χ3n) is 5.77. The van der Waals surface area contributed by atoms with E-state index in [1.54, 1.807) is 7.11 Å². The topological polar surface area (TPSA) is 48.0 Å². The summed E-state index contributed by atoms with van der Waals surface area (Å²) in [5.41, 5.74) is 2.15. The zero-order chi connectivity index (χ0) is 17.7. The minimum Gasteiger partial charge on any atom is -0.497 e. The van der Waals surface area contributed by atoms with Crippen molar-refractivity contribution in [1.82, 2.24) is 0 Å². The summed E-state index contributed by atoms with van der Waals surface area (Å²) in [7, 11) is 1.63. The van der Waals surface area contributed by atoms with Crippen LogP contribution in [0, 0.1) is 0 Å². The van der Waals surface area contributed by atoms with Crippen molar-refractivity contribution >= 4 is 11.6 Å². The molecule has 1 amide bonds. The molecule has 2 atom stereocenters. The highest BCUT2D eigenvalue weighted by molar-refractivity contribution is 6.11. The summed E-state index contributed by atoms with van der Waals surface area (Å²) in [6.07, 6.45) is 2.17. The van der Waals surface area contributed by atoms with Crippen molar-refractivity contribution in [2.24, 2.45) is 0 Å². The minimum absolute atomic E-state index is 0.0816. The summed E-state index contributed by atoms with van der Waals surface area (Å²) in [5.74, 6) is 1.54. The van der Waals surface area contributed by atoms with Crippen LogP contribution in [0.1, 0.15) is 24.0 Å². The molecular formula is C21H21NO4. The quantitative estimate of drug-likeness (QED) is 0.853. The average molecular weight is 351 g/mol. The van der Waals surface area contributed by atoms with Crippen molar-refractivity contribution in [3.05, 3.63) is 53.6 Å². The predicted molar refractivity (Wildman–Crippen MR) is 97.0 cm³/mol. The fourth-order valence-corrected chi connectivity index (χ4v) is 4.46. The van der Waals surface area contributed by atoms with Crippen molar-refractivity contribution in [2.75, 3.05) is 31.8 Å².